The van der Waals surface area contributed by atoms with Crippen molar-refractivity contribution < 1.29 is 17.9 Å². The number of hydrogen-bond donors (Lipinski definition) is 0. The molecule has 35 heavy (non-hydrogen) atoms. The lowest BCUT2D eigenvalue weighted by atomic mass is 10.1. The summed E-state index contributed by atoms with van der Waals surface area (Å²) < 4.78 is 33.5. The van der Waals surface area contributed by atoms with Crippen LogP contribution in [0.1, 0.15) is 40.4 Å². The average Bonchev–Trinajstić information content (AvgIpc) is 3.14. The minimum absolute atomic E-state index is 0.133. The van der Waals surface area contributed by atoms with E-state index in [1.807, 2.05) is 36.1 Å². The van der Waals surface area contributed by atoms with Gasteiger partial charge in [-0.25, -0.2) is 8.42 Å². The maximum Gasteiger partial charge on any atom is 0.253 e. The van der Waals surface area contributed by atoms with Crippen LogP contribution < -0.4 is 0 Å². The first-order valence-electron chi connectivity index (χ1n) is 12.1. The Labute approximate surface area is 207 Å². The Hall–Kier alpha value is -2.77. The summed E-state index contributed by atoms with van der Waals surface area (Å²) in [5.74, 6) is -0.133. The van der Waals surface area contributed by atoms with Gasteiger partial charge in [0.15, 0.2) is 0 Å². The molecule has 0 aromatic heterocycles. The SMILES string of the molecule is CCc1ccc(C(=O)N2CCCN(Cc3ccc(C#N)cc3)CC2)cc1S(=O)(=O)N1CCOCC1. The number of ether oxygens (including phenoxy) is 1. The van der Waals surface area contributed by atoms with Crippen molar-refractivity contribution in [2.45, 2.75) is 31.2 Å². The standard InChI is InChI=1S/C26H32N4O4S/c1-2-23-8-9-24(18-25(23)35(32,33)30-14-16-34-17-15-30)26(31)29-11-3-10-28(12-13-29)20-22-6-4-21(19-27)5-7-22/h4-9,18H,2-3,10-17,20H2,1H3. The van der Waals surface area contributed by atoms with Crippen LogP contribution in [0.5, 0.6) is 0 Å². The number of aryl methyl sites for hydroxylation is 1. The summed E-state index contributed by atoms with van der Waals surface area (Å²) in [7, 11) is -3.69. The second-order valence-corrected chi connectivity index (χ2v) is 10.8. The smallest absolute Gasteiger partial charge is 0.253 e. The number of amides is 1. The zero-order chi connectivity index (χ0) is 24.8. The van der Waals surface area contributed by atoms with Gasteiger partial charge < -0.3 is 9.64 Å². The molecule has 2 saturated heterocycles. The van der Waals surface area contributed by atoms with Gasteiger partial charge in [-0.2, -0.15) is 9.57 Å². The Bertz CT molecular complexity index is 1180. The molecule has 0 aliphatic carbocycles. The monoisotopic (exact) mass is 496 g/mol. The van der Waals surface area contributed by atoms with E-state index >= 15 is 0 Å². The lowest BCUT2D eigenvalue weighted by Crippen LogP contribution is -2.41. The van der Waals surface area contributed by atoms with Gasteiger partial charge >= 0.3 is 0 Å². The van der Waals surface area contributed by atoms with Gasteiger partial charge in [0, 0.05) is 51.4 Å². The molecule has 0 saturated carbocycles. The van der Waals surface area contributed by atoms with E-state index in [-0.39, 0.29) is 10.8 Å². The molecule has 2 aliphatic heterocycles. The number of carbonyl (C=O) groups excluding carboxylic acids is 1. The molecule has 0 unspecified atom stereocenters. The minimum Gasteiger partial charge on any atom is -0.379 e. The number of benzene rings is 2. The fourth-order valence-corrected chi connectivity index (χ4v) is 6.33. The van der Waals surface area contributed by atoms with Gasteiger partial charge in [-0.1, -0.05) is 25.1 Å². The average molecular weight is 497 g/mol. The van der Waals surface area contributed by atoms with Gasteiger partial charge in [0.25, 0.3) is 5.91 Å². The van der Waals surface area contributed by atoms with Crippen LogP contribution in [0, 0.1) is 11.3 Å². The van der Waals surface area contributed by atoms with Crippen LogP contribution in [-0.2, 0) is 27.7 Å². The van der Waals surface area contributed by atoms with Gasteiger partial charge in [0.2, 0.25) is 10.0 Å². The lowest BCUT2D eigenvalue weighted by Gasteiger charge is -2.27. The van der Waals surface area contributed by atoms with Crippen molar-refractivity contribution >= 4 is 15.9 Å². The number of carbonyl (C=O) groups is 1. The van der Waals surface area contributed by atoms with Crippen molar-refractivity contribution in [3.63, 3.8) is 0 Å². The highest BCUT2D eigenvalue weighted by atomic mass is 32.2. The molecule has 4 rings (SSSR count). The fraction of sp³-hybridized carbons (Fsp3) is 0.462. The van der Waals surface area contributed by atoms with E-state index in [1.54, 1.807) is 18.2 Å². The first kappa shape index (κ1) is 25.3. The molecule has 186 valence electrons. The Morgan fingerprint density at radius 2 is 1.74 bits per heavy atom. The van der Waals surface area contributed by atoms with Crippen molar-refractivity contribution in [1.29, 1.82) is 5.26 Å². The molecular weight excluding hydrogens is 464 g/mol. The highest BCUT2D eigenvalue weighted by Gasteiger charge is 2.30. The summed E-state index contributed by atoms with van der Waals surface area (Å²) in [6, 6.07) is 14.8. The normalized spacial score (nSPS) is 18.1. The second kappa shape index (κ2) is 11.3. The van der Waals surface area contributed by atoms with Gasteiger partial charge in [-0.15, -0.1) is 0 Å². The molecular formula is C26H32N4O4S. The minimum atomic E-state index is -3.69. The largest absolute Gasteiger partial charge is 0.379 e. The lowest BCUT2D eigenvalue weighted by molar-refractivity contribution is 0.0729. The number of nitrogens with zero attached hydrogens (tertiary/aromatic N) is 4. The van der Waals surface area contributed by atoms with Crippen molar-refractivity contribution in [2.24, 2.45) is 0 Å². The molecule has 0 atom stereocenters. The van der Waals surface area contributed by atoms with Gasteiger partial charge in [-0.05, 0) is 48.2 Å². The van der Waals surface area contributed by atoms with Crippen molar-refractivity contribution in [3.05, 3.63) is 64.7 Å². The maximum atomic E-state index is 13.4. The summed E-state index contributed by atoms with van der Waals surface area (Å²) in [4.78, 5) is 17.8. The molecule has 0 N–H and O–H groups in total. The van der Waals surface area contributed by atoms with Crippen LogP contribution in [-0.4, -0.2) is 80.9 Å². The van der Waals surface area contributed by atoms with Crippen LogP contribution in [0.3, 0.4) is 0 Å². The molecule has 2 heterocycles. The van der Waals surface area contributed by atoms with E-state index < -0.39 is 10.0 Å². The van der Waals surface area contributed by atoms with Crippen molar-refractivity contribution in [1.82, 2.24) is 14.1 Å². The molecule has 9 heteroatoms. The Morgan fingerprint density at radius 1 is 1.00 bits per heavy atom. The summed E-state index contributed by atoms with van der Waals surface area (Å²) in [5, 5.41) is 8.98. The maximum absolute atomic E-state index is 13.4. The van der Waals surface area contributed by atoms with E-state index in [2.05, 4.69) is 11.0 Å². The third-order valence-electron chi connectivity index (χ3n) is 6.65. The van der Waals surface area contributed by atoms with E-state index in [4.69, 9.17) is 10.00 Å². The third-order valence-corrected chi connectivity index (χ3v) is 8.63. The predicted molar refractivity (Wildman–Crippen MR) is 132 cm³/mol. The Balaban J connectivity index is 1.47. The summed E-state index contributed by atoms with van der Waals surface area (Å²) in [5.41, 5.74) is 2.91. The van der Waals surface area contributed by atoms with Crippen molar-refractivity contribution in [3.8, 4) is 6.07 Å². The third kappa shape index (κ3) is 5.90. The van der Waals surface area contributed by atoms with Crippen LogP contribution >= 0.6 is 0 Å². The molecule has 0 bridgehead atoms. The van der Waals surface area contributed by atoms with E-state index in [9.17, 15) is 13.2 Å². The Morgan fingerprint density at radius 3 is 2.43 bits per heavy atom. The highest BCUT2D eigenvalue weighted by molar-refractivity contribution is 7.89. The first-order chi connectivity index (χ1) is 16.9. The molecule has 2 aliphatic rings. The fourth-order valence-electron chi connectivity index (χ4n) is 4.60. The van der Waals surface area contributed by atoms with Crippen molar-refractivity contribution in [2.75, 3.05) is 52.5 Å². The topological polar surface area (TPSA) is 93.9 Å². The first-order valence-corrected chi connectivity index (χ1v) is 13.6. The van der Waals surface area contributed by atoms with E-state index in [1.165, 1.54) is 4.31 Å². The molecule has 0 radical (unpaired) electrons. The number of rotatable bonds is 6. The number of morpholine rings is 1. The molecule has 8 nitrogen and oxygen atoms in total. The molecule has 0 spiro atoms. The number of hydrogen-bond acceptors (Lipinski definition) is 6. The zero-order valence-electron chi connectivity index (χ0n) is 20.1. The van der Waals surface area contributed by atoms with Crippen LogP contribution in [0.15, 0.2) is 47.4 Å². The molecule has 2 fully saturated rings. The van der Waals surface area contributed by atoms with E-state index in [0.29, 0.717) is 56.9 Å². The highest BCUT2D eigenvalue weighted by Crippen LogP contribution is 2.24. The quantitative estimate of drug-likeness (QED) is 0.610. The summed E-state index contributed by atoms with van der Waals surface area (Å²) in [6.07, 6.45) is 1.41. The predicted octanol–water partition coefficient (Wildman–Crippen LogP) is 2.49. The zero-order valence-corrected chi connectivity index (χ0v) is 21.0. The van der Waals surface area contributed by atoms with Gasteiger partial charge in [-0.3, -0.25) is 9.69 Å². The second-order valence-electron chi connectivity index (χ2n) is 8.92. The van der Waals surface area contributed by atoms with Gasteiger partial charge in [0.1, 0.15) is 0 Å². The molecule has 1 amide bonds. The summed E-state index contributed by atoms with van der Waals surface area (Å²) >= 11 is 0. The van der Waals surface area contributed by atoms with Crippen LogP contribution in [0.4, 0.5) is 0 Å². The van der Waals surface area contributed by atoms with E-state index in [0.717, 1.165) is 37.2 Å². The number of sulfonamides is 1. The van der Waals surface area contributed by atoms with Gasteiger partial charge in [0.05, 0.1) is 29.7 Å². The van der Waals surface area contributed by atoms with Crippen LogP contribution in [0.2, 0.25) is 0 Å². The molecule has 2 aromatic rings. The van der Waals surface area contributed by atoms with Crippen LogP contribution in [0.25, 0.3) is 0 Å². The molecule has 2 aromatic carbocycles. The Kier molecular flexibility index (Phi) is 8.19. The summed E-state index contributed by atoms with van der Waals surface area (Å²) in [6.45, 7) is 6.91. The number of nitriles is 1.